The fourth-order valence-electron chi connectivity index (χ4n) is 1.56. The Morgan fingerprint density at radius 3 is 3.21 bits per heavy atom. The molecule has 0 unspecified atom stereocenters. The number of rotatable bonds is 3. The first-order chi connectivity index (χ1) is 6.86. The number of anilines is 1. The van der Waals surface area contributed by atoms with E-state index in [2.05, 4.69) is 21.7 Å². The van der Waals surface area contributed by atoms with Gasteiger partial charge in [0.05, 0.1) is 0 Å². The lowest BCUT2D eigenvalue weighted by Gasteiger charge is -2.14. The maximum absolute atomic E-state index is 4.21. The molecule has 0 atom stereocenters. The summed E-state index contributed by atoms with van der Waals surface area (Å²) in [6.45, 7) is 3.00. The van der Waals surface area contributed by atoms with Crippen LogP contribution in [0.25, 0.3) is 0 Å². The lowest BCUT2D eigenvalue weighted by Crippen LogP contribution is -2.23. The van der Waals surface area contributed by atoms with Crippen LogP contribution in [0.4, 0.5) is 5.95 Å². The van der Waals surface area contributed by atoms with Crippen LogP contribution in [0.1, 0.15) is 6.42 Å². The molecule has 0 amide bonds. The molecular formula is C10H16N4. The van der Waals surface area contributed by atoms with Crippen molar-refractivity contribution in [2.75, 3.05) is 25.0 Å². The summed E-state index contributed by atoms with van der Waals surface area (Å²) in [5, 5.41) is 6.61. The lowest BCUT2D eigenvalue weighted by atomic mass is 10.1. The highest BCUT2D eigenvalue weighted by atomic mass is 15.2. The maximum atomic E-state index is 4.21. The van der Waals surface area contributed by atoms with E-state index in [1.165, 1.54) is 5.57 Å². The molecule has 0 saturated heterocycles. The van der Waals surface area contributed by atoms with Gasteiger partial charge in [0.15, 0.2) is 0 Å². The van der Waals surface area contributed by atoms with Crippen molar-refractivity contribution >= 4 is 5.95 Å². The zero-order chi connectivity index (χ0) is 9.80. The largest absolute Gasteiger partial charge is 0.352 e. The van der Waals surface area contributed by atoms with Gasteiger partial charge in [0.1, 0.15) is 0 Å². The van der Waals surface area contributed by atoms with Gasteiger partial charge in [-0.25, -0.2) is 4.98 Å². The Bertz CT molecular complexity index is 327. The molecule has 2 heterocycles. The van der Waals surface area contributed by atoms with Crippen molar-refractivity contribution in [3.63, 3.8) is 0 Å². The number of aryl methyl sites for hydroxylation is 1. The minimum atomic E-state index is 0.909. The third-order valence-electron chi connectivity index (χ3n) is 2.45. The molecule has 4 nitrogen and oxygen atoms in total. The van der Waals surface area contributed by atoms with E-state index >= 15 is 0 Å². The van der Waals surface area contributed by atoms with Gasteiger partial charge in [-0.15, -0.1) is 0 Å². The molecule has 14 heavy (non-hydrogen) atoms. The summed E-state index contributed by atoms with van der Waals surface area (Å²) in [5.41, 5.74) is 1.46. The normalized spacial score (nSPS) is 16.5. The average molecular weight is 192 g/mol. The molecule has 76 valence electrons. The second kappa shape index (κ2) is 4.28. The number of hydrogen-bond donors (Lipinski definition) is 2. The molecule has 0 aliphatic carbocycles. The monoisotopic (exact) mass is 192 g/mol. The standard InChI is InChI=1S/C10H16N4/c1-14-7-6-12-10(14)13-8-9-2-4-11-5-3-9/h2,6-7,11H,3-5,8H2,1H3,(H,12,13). The quantitative estimate of drug-likeness (QED) is 0.694. The zero-order valence-corrected chi connectivity index (χ0v) is 8.45. The Morgan fingerprint density at radius 1 is 1.64 bits per heavy atom. The highest BCUT2D eigenvalue weighted by Gasteiger charge is 2.03. The Kier molecular flexibility index (Phi) is 2.84. The smallest absolute Gasteiger partial charge is 0.202 e. The highest BCUT2D eigenvalue weighted by molar-refractivity contribution is 5.29. The number of aromatic nitrogens is 2. The molecule has 0 bridgehead atoms. The molecule has 0 radical (unpaired) electrons. The van der Waals surface area contributed by atoms with Gasteiger partial charge in [0.2, 0.25) is 5.95 Å². The third kappa shape index (κ3) is 2.14. The van der Waals surface area contributed by atoms with E-state index in [1.54, 1.807) is 6.20 Å². The minimum Gasteiger partial charge on any atom is -0.352 e. The van der Waals surface area contributed by atoms with Crippen LogP contribution < -0.4 is 10.6 Å². The first kappa shape index (κ1) is 9.27. The fraction of sp³-hybridized carbons (Fsp3) is 0.500. The highest BCUT2D eigenvalue weighted by Crippen LogP contribution is 2.06. The maximum Gasteiger partial charge on any atom is 0.202 e. The van der Waals surface area contributed by atoms with Gasteiger partial charge in [-0.3, -0.25) is 0 Å². The van der Waals surface area contributed by atoms with E-state index in [1.807, 2.05) is 17.8 Å². The van der Waals surface area contributed by atoms with Gasteiger partial charge in [-0.1, -0.05) is 11.6 Å². The van der Waals surface area contributed by atoms with Crippen LogP contribution in [0.15, 0.2) is 24.0 Å². The van der Waals surface area contributed by atoms with Gasteiger partial charge in [-0.2, -0.15) is 0 Å². The molecule has 0 aromatic carbocycles. The second-order valence-corrected chi connectivity index (χ2v) is 3.53. The van der Waals surface area contributed by atoms with E-state index in [9.17, 15) is 0 Å². The topological polar surface area (TPSA) is 41.9 Å². The summed E-state index contributed by atoms with van der Waals surface area (Å²) < 4.78 is 1.99. The van der Waals surface area contributed by atoms with Crippen LogP contribution in [0.5, 0.6) is 0 Å². The third-order valence-corrected chi connectivity index (χ3v) is 2.45. The molecule has 1 aliphatic rings. The van der Waals surface area contributed by atoms with Crippen molar-refractivity contribution in [1.82, 2.24) is 14.9 Å². The summed E-state index contributed by atoms with van der Waals surface area (Å²) in [6.07, 6.45) is 7.13. The molecule has 1 aromatic rings. The summed E-state index contributed by atoms with van der Waals surface area (Å²) in [4.78, 5) is 4.21. The summed E-state index contributed by atoms with van der Waals surface area (Å²) >= 11 is 0. The molecule has 4 heteroatoms. The Morgan fingerprint density at radius 2 is 2.57 bits per heavy atom. The van der Waals surface area contributed by atoms with Gasteiger partial charge < -0.3 is 15.2 Å². The molecule has 2 rings (SSSR count). The predicted octanol–water partition coefficient (Wildman–Crippen LogP) is 0.752. The Labute approximate surface area is 84.0 Å². The average Bonchev–Trinajstić information content (AvgIpc) is 2.63. The predicted molar refractivity (Wildman–Crippen MR) is 57.3 cm³/mol. The molecule has 2 N–H and O–H groups in total. The number of imidazole rings is 1. The zero-order valence-electron chi connectivity index (χ0n) is 8.45. The Hall–Kier alpha value is -1.29. The molecule has 0 spiro atoms. The van der Waals surface area contributed by atoms with Gasteiger partial charge >= 0.3 is 0 Å². The molecule has 0 fully saturated rings. The fourth-order valence-corrected chi connectivity index (χ4v) is 1.56. The van der Waals surface area contributed by atoms with Gasteiger partial charge in [0.25, 0.3) is 0 Å². The van der Waals surface area contributed by atoms with Gasteiger partial charge in [0, 0.05) is 32.5 Å². The van der Waals surface area contributed by atoms with Crippen molar-refractivity contribution in [3.05, 3.63) is 24.0 Å². The van der Waals surface area contributed by atoms with E-state index < -0.39 is 0 Å². The summed E-state index contributed by atoms with van der Waals surface area (Å²) in [5.74, 6) is 0.935. The van der Waals surface area contributed by atoms with Gasteiger partial charge in [-0.05, 0) is 13.0 Å². The second-order valence-electron chi connectivity index (χ2n) is 3.53. The first-order valence-corrected chi connectivity index (χ1v) is 4.96. The molecular weight excluding hydrogens is 176 g/mol. The number of hydrogen-bond acceptors (Lipinski definition) is 3. The van der Waals surface area contributed by atoms with Crippen LogP contribution in [-0.2, 0) is 7.05 Å². The summed E-state index contributed by atoms with van der Waals surface area (Å²) in [7, 11) is 1.99. The van der Waals surface area contributed by atoms with Crippen molar-refractivity contribution < 1.29 is 0 Å². The van der Waals surface area contributed by atoms with E-state index in [4.69, 9.17) is 0 Å². The van der Waals surface area contributed by atoms with Crippen LogP contribution in [0.3, 0.4) is 0 Å². The summed E-state index contributed by atoms with van der Waals surface area (Å²) in [6, 6.07) is 0. The van der Waals surface area contributed by atoms with E-state index in [-0.39, 0.29) is 0 Å². The SMILES string of the molecule is Cn1ccnc1NCC1=CCNCC1. The molecule has 1 aliphatic heterocycles. The van der Waals surface area contributed by atoms with Crippen molar-refractivity contribution in [1.29, 1.82) is 0 Å². The first-order valence-electron chi connectivity index (χ1n) is 4.96. The Balaban J connectivity index is 1.88. The lowest BCUT2D eigenvalue weighted by molar-refractivity contribution is 0.697. The van der Waals surface area contributed by atoms with Crippen molar-refractivity contribution in [3.8, 4) is 0 Å². The van der Waals surface area contributed by atoms with Crippen molar-refractivity contribution in [2.45, 2.75) is 6.42 Å². The molecule has 1 aromatic heterocycles. The van der Waals surface area contributed by atoms with E-state index in [0.29, 0.717) is 0 Å². The minimum absolute atomic E-state index is 0.909. The van der Waals surface area contributed by atoms with Crippen LogP contribution >= 0.6 is 0 Å². The molecule has 0 saturated carbocycles. The van der Waals surface area contributed by atoms with Crippen LogP contribution in [0.2, 0.25) is 0 Å². The number of nitrogens with one attached hydrogen (secondary N) is 2. The number of nitrogens with zero attached hydrogens (tertiary/aromatic N) is 2. The van der Waals surface area contributed by atoms with E-state index in [0.717, 1.165) is 32.0 Å². The van der Waals surface area contributed by atoms with Crippen LogP contribution in [0, 0.1) is 0 Å². The van der Waals surface area contributed by atoms with Crippen LogP contribution in [-0.4, -0.2) is 29.2 Å². The van der Waals surface area contributed by atoms with Crippen molar-refractivity contribution in [2.24, 2.45) is 7.05 Å².